The summed E-state index contributed by atoms with van der Waals surface area (Å²) in [6.45, 7) is 0. The monoisotopic (exact) mass is 373 g/mol. The van der Waals surface area contributed by atoms with Crippen molar-refractivity contribution in [3.63, 3.8) is 0 Å². The third-order valence-electron chi connectivity index (χ3n) is 2.29. The van der Waals surface area contributed by atoms with Crippen LogP contribution >= 0.6 is 31.9 Å². The first-order valence-electron chi connectivity index (χ1n) is 5.02. The fourth-order valence-electron chi connectivity index (χ4n) is 1.49. The lowest BCUT2D eigenvalue weighted by molar-refractivity contribution is 0.0593. The number of carbonyl (C=O) groups is 1. The first-order valence-corrected chi connectivity index (χ1v) is 6.85. The Kier molecular flexibility index (Phi) is 4.13. The Morgan fingerprint density at radius 3 is 2.56 bits per heavy atom. The van der Waals surface area contributed by atoms with Gasteiger partial charge in [0, 0.05) is 0 Å². The van der Waals surface area contributed by atoms with Crippen LogP contribution < -0.4 is 0 Å². The van der Waals surface area contributed by atoms with Gasteiger partial charge >= 0.3 is 5.97 Å². The predicted octanol–water partition coefficient (Wildman–Crippen LogP) is 2.84. The van der Waals surface area contributed by atoms with Crippen LogP contribution in [0.15, 0.2) is 30.3 Å². The maximum Gasteiger partial charge on any atom is 0.360 e. The molecule has 0 amide bonds. The number of esters is 1. The van der Waals surface area contributed by atoms with Crippen LogP contribution in [0.2, 0.25) is 0 Å². The molecule has 0 saturated carbocycles. The number of para-hydroxylation sites is 1. The maximum atomic E-state index is 11.6. The summed E-state index contributed by atoms with van der Waals surface area (Å²) in [5.41, 5.74) is 1.59. The van der Waals surface area contributed by atoms with Crippen molar-refractivity contribution >= 4 is 37.8 Å². The van der Waals surface area contributed by atoms with Crippen molar-refractivity contribution in [2.45, 2.75) is 3.74 Å². The summed E-state index contributed by atoms with van der Waals surface area (Å²) < 4.78 is 6.01. The number of nitrogens with zero attached hydrogens (tertiary/aromatic N) is 3. The van der Waals surface area contributed by atoms with E-state index in [9.17, 15) is 4.79 Å². The molecule has 0 spiro atoms. The van der Waals surface area contributed by atoms with Gasteiger partial charge in [-0.25, -0.2) is 9.48 Å². The van der Waals surface area contributed by atoms with Crippen molar-refractivity contribution in [2.75, 3.05) is 7.11 Å². The topological polar surface area (TPSA) is 57.0 Å². The number of aromatic nitrogens is 3. The number of methoxy groups -OCH3 is 1. The summed E-state index contributed by atoms with van der Waals surface area (Å²) in [5, 5.41) is 7.85. The number of benzene rings is 1. The number of ether oxygens (including phenoxy) is 1. The lowest BCUT2D eigenvalue weighted by Gasteiger charge is -2.07. The summed E-state index contributed by atoms with van der Waals surface area (Å²) in [6, 6.07) is 9.43. The normalized spacial score (nSPS) is 10.7. The van der Waals surface area contributed by atoms with Crippen LogP contribution in [0.3, 0.4) is 0 Å². The number of rotatable bonds is 3. The lowest BCUT2D eigenvalue weighted by atomic mass is 10.3. The molecule has 2 aromatic rings. The van der Waals surface area contributed by atoms with Crippen LogP contribution in [0, 0.1) is 0 Å². The van der Waals surface area contributed by atoms with Crippen molar-refractivity contribution < 1.29 is 9.53 Å². The highest BCUT2D eigenvalue weighted by Crippen LogP contribution is 2.32. The van der Waals surface area contributed by atoms with Gasteiger partial charge in [0.15, 0.2) is 5.69 Å². The van der Waals surface area contributed by atoms with Gasteiger partial charge in [0.25, 0.3) is 0 Å². The standard InChI is InChI=1S/C11H9Br2N3O2/c1-18-11(17)8-9(10(12)13)16(15-14-8)7-5-3-2-4-6-7/h2-6,10H,1H3. The highest BCUT2D eigenvalue weighted by Gasteiger charge is 2.24. The molecule has 1 aromatic heterocycles. The molecular weight excluding hydrogens is 366 g/mol. The third kappa shape index (κ3) is 2.46. The first-order chi connectivity index (χ1) is 8.65. The van der Waals surface area contributed by atoms with Crippen molar-refractivity contribution in [1.82, 2.24) is 15.0 Å². The van der Waals surface area contributed by atoms with E-state index < -0.39 is 5.97 Å². The van der Waals surface area contributed by atoms with Crippen LogP contribution in [-0.4, -0.2) is 28.1 Å². The Morgan fingerprint density at radius 1 is 1.33 bits per heavy atom. The molecule has 0 aliphatic rings. The van der Waals surface area contributed by atoms with E-state index in [1.165, 1.54) is 7.11 Å². The predicted molar refractivity (Wildman–Crippen MR) is 73.3 cm³/mol. The Balaban J connectivity index is 2.56. The van der Waals surface area contributed by atoms with Gasteiger partial charge in [0.2, 0.25) is 0 Å². The van der Waals surface area contributed by atoms with E-state index in [0.717, 1.165) is 5.69 Å². The first kappa shape index (κ1) is 13.2. The fourth-order valence-corrected chi connectivity index (χ4v) is 2.31. The highest BCUT2D eigenvalue weighted by atomic mass is 79.9. The molecule has 0 radical (unpaired) electrons. The zero-order valence-corrected chi connectivity index (χ0v) is 12.6. The second-order valence-electron chi connectivity index (χ2n) is 3.36. The van der Waals surface area contributed by atoms with Gasteiger partial charge in [-0.05, 0) is 12.1 Å². The Hall–Kier alpha value is -1.21. The van der Waals surface area contributed by atoms with Crippen LogP contribution in [0.25, 0.3) is 5.69 Å². The van der Waals surface area contributed by atoms with Gasteiger partial charge in [-0.15, -0.1) is 5.10 Å². The van der Waals surface area contributed by atoms with Crippen molar-refractivity contribution in [3.05, 3.63) is 41.7 Å². The molecule has 0 aliphatic carbocycles. The number of carbonyl (C=O) groups excluding carboxylic acids is 1. The third-order valence-corrected chi connectivity index (χ3v) is 3.16. The van der Waals surface area contributed by atoms with E-state index in [0.29, 0.717) is 5.69 Å². The van der Waals surface area contributed by atoms with Gasteiger partial charge in [-0.1, -0.05) is 55.3 Å². The second-order valence-corrected chi connectivity index (χ2v) is 6.42. The summed E-state index contributed by atoms with van der Waals surface area (Å²) >= 11 is 6.73. The molecular formula is C11H9Br2N3O2. The summed E-state index contributed by atoms with van der Waals surface area (Å²) in [5.74, 6) is -0.518. The van der Waals surface area contributed by atoms with E-state index in [2.05, 4.69) is 46.9 Å². The molecule has 0 saturated heterocycles. The van der Waals surface area contributed by atoms with E-state index in [-0.39, 0.29) is 9.43 Å². The molecule has 1 heterocycles. The average Bonchev–Trinajstić information content (AvgIpc) is 2.83. The molecule has 0 fully saturated rings. The van der Waals surface area contributed by atoms with Crippen molar-refractivity contribution in [3.8, 4) is 5.69 Å². The minimum absolute atomic E-state index is 0.181. The summed E-state index contributed by atoms with van der Waals surface area (Å²) in [6.07, 6.45) is 0. The summed E-state index contributed by atoms with van der Waals surface area (Å²) in [7, 11) is 1.31. The van der Waals surface area contributed by atoms with E-state index in [1.807, 2.05) is 30.3 Å². The molecule has 0 bridgehead atoms. The van der Waals surface area contributed by atoms with E-state index in [1.54, 1.807) is 4.68 Å². The minimum atomic E-state index is -0.518. The largest absolute Gasteiger partial charge is 0.464 e. The van der Waals surface area contributed by atoms with E-state index in [4.69, 9.17) is 0 Å². The van der Waals surface area contributed by atoms with Gasteiger partial charge in [-0.2, -0.15) is 0 Å². The second kappa shape index (κ2) is 5.62. The van der Waals surface area contributed by atoms with Gasteiger partial charge in [0.1, 0.15) is 9.43 Å². The quantitative estimate of drug-likeness (QED) is 0.612. The molecule has 0 unspecified atom stereocenters. The highest BCUT2D eigenvalue weighted by molar-refractivity contribution is 9.24. The van der Waals surface area contributed by atoms with Crippen LogP contribution in [-0.2, 0) is 4.74 Å². The van der Waals surface area contributed by atoms with E-state index >= 15 is 0 Å². The molecule has 2 rings (SSSR count). The smallest absolute Gasteiger partial charge is 0.360 e. The molecule has 18 heavy (non-hydrogen) atoms. The number of hydrogen-bond donors (Lipinski definition) is 0. The minimum Gasteiger partial charge on any atom is -0.464 e. The van der Waals surface area contributed by atoms with Crippen LogP contribution in [0.4, 0.5) is 0 Å². The van der Waals surface area contributed by atoms with Crippen molar-refractivity contribution in [2.24, 2.45) is 0 Å². The molecule has 0 atom stereocenters. The van der Waals surface area contributed by atoms with Gasteiger partial charge in [-0.3, -0.25) is 0 Å². The zero-order valence-electron chi connectivity index (χ0n) is 9.38. The maximum absolute atomic E-state index is 11.6. The number of halogens is 2. The summed E-state index contributed by atoms with van der Waals surface area (Å²) in [4.78, 5) is 11.6. The van der Waals surface area contributed by atoms with Gasteiger partial charge < -0.3 is 4.74 Å². The molecule has 94 valence electrons. The SMILES string of the molecule is COC(=O)c1nnn(-c2ccccc2)c1C(Br)Br. The molecule has 1 aromatic carbocycles. The molecule has 0 aliphatic heterocycles. The van der Waals surface area contributed by atoms with Crippen molar-refractivity contribution in [1.29, 1.82) is 0 Å². The molecule has 7 heteroatoms. The van der Waals surface area contributed by atoms with Crippen LogP contribution in [0.1, 0.15) is 19.9 Å². The fraction of sp³-hybridized carbons (Fsp3) is 0.182. The van der Waals surface area contributed by atoms with Gasteiger partial charge in [0.05, 0.1) is 12.8 Å². The zero-order chi connectivity index (χ0) is 13.1. The Bertz CT molecular complexity index is 555. The van der Waals surface area contributed by atoms with Crippen LogP contribution in [0.5, 0.6) is 0 Å². The Labute approximate surface area is 120 Å². The average molecular weight is 375 g/mol. The number of hydrogen-bond acceptors (Lipinski definition) is 4. The molecule has 0 N–H and O–H groups in total. The lowest BCUT2D eigenvalue weighted by Crippen LogP contribution is -2.08. The Morgan fingerprint density at radius 2 is 2.00 bits per heavy atom. The molecule has 5 nitrogen and oxygen atoms in total. The number of alkyl halides is 2.